The summed E-state index contributed by atoms with van der Waals surface area (Å²) in [6.45, 7) is 1.37. The molecular formula is C17H24N2O5S. The number of rotatable bonds is 6. The van der Waals surface area contributed by atoms with Crippen LogP contribution in [0.25, 0.3) is 0 Å². The van der Waals surface area contributed by atoms with Gasteiger partial charge in [-0.25, -0.2) is 13.2 Å². The highest BCUT2D eigenvalue weighted by Gasteiger charge is 2.29. The third kappa shape index (κ3) is 4.58. The number of nitrogens with two attached hydrogens (primary N) is 1. The third-order valence-electron chi connectivity index (χ3n) is 4.54. The Morgan fingerprint density at radius 1 is 1.16 bits per heavy atom. The lowest BCUT2D eigenvalue weighted by atomic mass is 9.96. The summed E-state index contributed by atoms with van der Waals surface area (Å²) in [6, 6.07) is 5.51. The molecule has 1 atom stereocenters. The maximum atomic E-state index is 12.7. The van der Waals surface area contributed by atoms with E-state index in [1.165, 1.54) is 35.5 Å². The molecule has 7 nitrogen and oxygen atoms in total. The molecule has 0 aromatic heterocycles. The van der Waals surface area contributed by atoms with Crippen LogP contribution < -0.4 is 5.73 Å². The van der Waals surface area contributed by atoms with Crippen molar-refractivity contribution in [3.05, 3.63) is 29.8 Å². The molecule has 1 unspecified atom stereocenters. The molecule has 0 heterocycles. The maximum absolute atomic E-state index is 12.7. The van der Waals surface area contributed by atoms with Crippen molar-refractivity contribution in [2.75, 3.05) is 7.05 Å². The van der Waals surface area contributed by atoms with Crippen LogP contribution in [0.2, 0.25) is 0 Å². The molecule has 138 valence electrons. The second-order valence-electron chi connectivity index (χ2n) is 6.29. The van der Waals surface area contributed by atoms with Gasteiger partial charge < -0.3 is 10.5 Å². The van der Waals surface area contributed by atoms with Gasteiger partial charge in [0.15, 0.2) is 6.10 Å². The van der Waals surface area contributed by atoms with E-state index in [-0.39, 0.29) is 16.5 Å². The highest BCUT2D eigenvalue weighted by Crippen LogP contribution is 2.26. The van der Waals surface area contributed by atoms with Gasteiger partial charge in [0, 0.05) is 13.1 Å². The van der Waals surface area contributed by atoms with E-state index in [9.17, 15) is 18.0 Å². The van der Waals surface area contributed by atoms with Crippen LogP contribution in [-0.4, -0.2) is 43.8 Å². The van der Waals surface area contributed by atoms with E-state index in [2.05, 4.69) is 0 Å². The van der Waals surface area contributed by atoms with Crippen molar-refractivity contribution in [2.24, 2.45) is 5.73 Å². The Morgan fingerprint density at radius 2 is 1.72 bits per heavy atom. The molecule has 1 amide bonds. The van der Waals surface area contributed by atoms with Crippen LogP contribution in [0.4, 0.5) is 0 Å². The first-order valence-corrected chi connectivity index (χ1v) is 9.76. The molecule has 0 spiro atoms. The van der Waals surface area contributed by atoms with Crippen molar-refractivity contribution in [3.63, 3.8) is 0 Å². The van der Waals surface area contributed by atoms with E-state index in [1.807, 2.05) is 0 Å². The number of nitrogens with zero attached hydrogens (tertiary/aromatic N) is 1. The summed E-state index contributed by atoms with van der Waals surface area (Å²) in [6.07, 6.45) is 3.90. The van der Waals surface area contributed by atoms with Crippen molar-refractivity contribution in [1.29, 1.82) is 0 Å². The van der Waals surface area contributed by atoms with E-state index < -0.39 is 28.0 Å². The Bertz CT molecular complexity index is 724. The van der Waals surface area contributed by atoms with Gasteiger partial charge >= 0.3 is 5.97 Å². The number of primary amides is 1. The average molecular weight is 368 g/mol. The van der Waals surface area contributed by atoms with E-state index in [0.717, 1.165) is 32.1 Å². The number of hydrogen-bond donors (Lipinski definition) is 1. The lowest BCUT2D eigenvalue weighted by Crippen LogP contribution is -2.38. The second kappa shape index (κ2) is 7.97. The molecule has 1 aromatic rings. The van der Waals surface area contributed by atoms with Gasteiger partial charge in [-0.2, -0.15) is 4.31 Å². The monoisotopic (exact) mass is 368 g/mol. The summed E-state index contributed by atoms with van der Waals surface area (Å²) < 4.78 is 31.8. The van der Waals surface area contributed by atoms with E-state index >= 15 is 0 Å². The van der Waals surface area contributed by atoms with Crippen molar-refractivity contribution in [1.82, 2.24) is 4.31 Å². The molecule has 0 aliphatic heterocycles. The summed E-state index contributed by atoms with van der Waals surface area (Å²) >= 11 is 0. The van der Waals surface area contributed by atoms with Gasteiger partial charge in [0.25, 0.3) is 5.91 Å². The fraction of sp³-hybridized carbons (Fsp3) is 0.529. The van der Waals surface area contributed by atoms with Crippen LogP contribution in [0.1, 0.15) is 49.4 Å². The molecular weight excluding hydrogens is 344 g/mol. The third-order valence-corrected chi connectivity index (χ3v) is 6.46. The lowest BCUT2D eigenvalue weighted by Gasteiger charge is -2.30. The lowest BCUT2D eigenvalue weighted by molar-refractivity contribution is -0.125. The van der Waals surface area contributed by atoms with E-state index in [1.54, 1.807) is 7.05 Å². The maximum Gasteiger partial charge on any atom is 0.338 e. The number of carbonyl (C=O) groups is 2. The standard InChI is InChI=1S/C17H24N2O5S/c1-12(16(18)20)24-17(21)13-8-10-15(11-9-13)25(22,23)19(2)14-6-4-3-5-7-14/h8-12,14H,3-7H2,1-2H3,(H2,18,20). The topological polar surface area (TPSA) is 107 Å². The zero-order valence-corrected chi connectivity index (χ0v) is 15.3. The fourth-order valence-corrected chi connectivity index (χ4v) is 4.27. The van der Waals surface area contributed by atoms with Crippen LogP contribution in [0, 0.1) is 0 Å². The number of sulfonamides is 1. The van der Waals surface area contributed by atoms with Gasteiger partial charge in [0.1, 0.15) is 0 Å². The highest BCUT2D eigenvalue weighted by atomic mass is 32.2. The number of benzene rings is 1. The van der Waals surface area contributed by atoms with Crippen LogP contribution in [0.5, 0.6) is 0 Å². The largest absolute Gasteiger partial charge is 0.449 e. The summed E-state index contributed by atoms with van der Waals surface area (Å²) in [7, 11) is -2.01. The van der Waals surface area contributed by atoms with Crippen molar-refractivity contribution in [2.45, 2.75) is 56.1 Å². The number of amides is 1. The van der Waals surface area contributed by atoms with Crippen molar-refractivity contribution < 1.29 is 22.7 Å². The molecule has 0 radical (unpaired) electrons. The zero-order valence-electron chi connectivity index (χ0n) is 14.5. The zero-order chi connectivity index (χ0) is 18.6. The number of carbonyl (C=O) groups excluding carboxylic acids is 2. The molecule has 1 aromatic carbocycles. The molecule has 0 bridgehead atoms. The molecule has 2 N–H and O–H groups in total. The minimum atomic E-state index is -3.61. The average Bonchev–Trinajstić information content (AvgIpc) is 2.61. The first-order valence-electron chi connectivity index (χ1n) is 8.32. The highest BCUT2D eigenvalue weighted by molar-refractivity contribution is 7.89. The number of hydrogen-bond acceptors (Lipinski definition) is 5. The molecule has 1 fully saturated rings. The van der Waals surface area contributed by atoms with Crippen molar-refractivity contribution >= 4 is 21.9 Å². The van der Waals surface area contributed by atoms with Crippen LogP contribution in [0.3, 0.4) is 0 Å². The minimum absolute atomic E-state index is 0.0137. The normalized spacial score (nSPS) is 17.2. The quantitative estimate of drug-likeness (QED) is 0.769. The summed E-state index contributed by atoms with van der Waals surface area (Å²) in [5.74, 6) is -1.47. The van der Waals surface area contributed by atoms with E-state index in [4.69, 9.17) is 10.5 Å². The predicted octanol–water partition coefficient (Wildman–Crippen LogP) is 1.67. The fourth-order valence-electron chi connectivity index (χ4n) is 2.86. The first kappa shape index (κ1) is 19.4. The second-order valence-corrected chi connectivity index (χ2v) is 8.28. The first-order chi connectivity index (χ1) is 11.7. The summed E-state index contributed by atoms with van der Waals surface area (Å²) in [5.41, 5.74) is 5.21. The Labute approximate surface area is 148 Å². The Morgan fingerprint density at radius 3 is 2.24 bits per heavy atom. The molecule has 1 saturated carbocycles. The van der Waals surface area contributed by atoms with Gasteiger partial charge in [-0.3, -0.25) is 4.79 Å². The van der Waals surface area contributed by atoms with Gasteiger partial charge in [0.2, 0.25) is 10.0 Å². The van der Waals surface area contributed by atoms with Crippen LogP contribution in [0.15, 0.2) is 29.2 Å². The Balaban J connectivity index is 2.12. The van der Waals surface area contributed by atoms with Gasteiger partial charge in [0.05, 0.1) is 10.5 Å². The number of ether oxygens (including phenoxy) is 1. The van der Waals surface area contributed by atoms with Crippen LogP contribution in [-0.2, 0) is 19.6 Å². The van der Waals surface area contributed by atoms with E-state index in [0.29, 0.717) is 0 Å². The van der Waals surface area contributed by atoms with Crippen molar-refractivity contribution in [3.8, 4) is 0 Å². The SMILES string of the molecule is CC(OC(=O)c1ccc(S(=O)(=O)N(C)C2CCCCC2)cc1)C(N)=O. The minimum Gasteiger partial charge on any atom is -0.449 e. The van der Waals surface area contributed by atoms with Crippen LogP contribution >= 0.6 is 0 Å². The predicted molar refractivity (Wildman–Crippen MR) is 92.3 cm³/mol. The smallest absolute Gasteiger partial charge is 0.338 e. The van der Waals surface area contributed by atoms with Gasteiger partial charge in [-0.15, -0.1) is 0 Å². The van der Waals surface area contributed by atoms with Gasteiger partial charge in [-0.05, 0) is 44.0 Å². The Hall–Kier alpha value is -1.93. The summed E-state index contributed by atoms with van der Waals surface area (Å²) in [4.78, 5) is 23.0. The molecule has 1 aliphatic carbocycles. The Kier molecular flexibility index (Phi) is 6.18. The van der Waals surface area contributed by atoms with Gasteiger partial charge in [-0.1, -0.05) is 19.3 Å². The molecule has 1 aliphatic rings. The number of esters is 1. The molecule has 8 heteroatoms. The molecule has 2 rings (SSSR count). The summed E-state index contributed by atoms with van der Waals surface area (Å²) in [5, 5.41) is 0. The molecule has 25 heavy (non-hydrogen) atoms. The molecule has 0 saturated heterocycles.